The topological polar surface area (TPSA) is 107 Å². The first-order valence-electron chi connectivity index (χ1n) is 9.43. The number of nitro benzene ring substituents is 1. The molecule has 2 aromatic carbocycles. The van der Waals surface area contributed by atoms with Crippen LogP contribution in [0.4, 0.5) is 10.8 Å². The molecule has 1 amide bonds. The Labute approximate surface area is 176 Å². The lowest BCUT2D eigenvalue weighted by molar-refractivity contribution is -0.384. The highest BCUT2D eigenvalue weighted by atomic mass is 32.1. The Balaban J connectivity index is 1.33. The molecule has 4 rings (SSSR count). The van der Waals surface area contributed by atoms with Crippen LogP contribution in [0.3, 0.4) is 0 Å². The fraction of sp³-hybridized carbons (Fsp3) is 0.300. The number of anilines is 1. The quantitative estimate of drug-likeness (QED) is 0.455. The first-order chi connectivity index (χ1) is 14.6. The minimum atomic E-state index is -0.490. The van der Waals surface area contributed by atoms with Gasteiger partial charge in [-0.05, 0) is 29.8 Å². The molecule has 1 aromatic heterocycles. The third-order valence-corrected chi connectivity index (χ3v) is 5.56. The Morgan fingerprint density at radius 3 is 2.73 bits per heavy atom. The number of carbonyl (C=O) groups is 1. The summed E-state index contributed by atoms with van der Waals surface area (Å²) in [5.74, 6) is 0.0359. The van der Waals surface area contributed by atoms with Crippen LogP contribution in [0, 0.1) is 10.1 Å². The van der Waals surface area contributed by atoms with Crippen LogP contribution in [0.15, 0.2) is 42.5 Å². The molecule has 30 heavy (non-hydrogen) atoms. The molecule has 0 aliphatic carbocycles. The van der Waals surface area contributed by atoms with Gasteiger partial charge in [-0.3, -0.25) is 25.1 Å². The molecule has 1 aliphatic rings. The van der Waals surface area contributed by atoms with Crippen LogP contribution in [0.2, 0.25) is 0 Å². The van der Waals surface area contributed by atoms with Crippen LogP contribution in [0.25, 0.3) is 10.2 Å². The summed E-state index contributed by atoms with van der Waals surface area (Å²) in [6.45, 7) is 4.04. The summed E-state index contributed by atoms with van der Waals surface area (Å²) in [5, 5.41) is 13.9. The fourth-order valence-electron chi connectivity index (χ4n) is 3.11. The number of thiazole rings is 1. The smallest absolute Gasteiger partial charge is 0.269 e. The third-order valence-electron chi connectivity index (χ3n) is 4.63. The maximum Gasteiger partial charge on any atom is 0.269 e. The Bertz CT molecular complexity index is 1050. The van der Waals surface area contributed by atoms with Crippen molar-refractivity contribution in [3.63, 3.8) is 0 Å². The second-order valence-electron chi connectivity index (χ2n) is 6.80. The molecule has 1 fully saturated rings. The molecule has 1 saturated heterocycles. The van der Waals surface area contributed by atoms with Crippen LogP contribution in [-0.4, -0.2) is 53.6 Å². The van der Waals surface area contributed by atoms with Gasteiger partial charge >= 0.3 is 0 Å². The number of nitrogens with zero attached hydrogens (tertiary/aromatic N) is 3. The third kappa shape index (κ3) is 5.09. The molecule has 0 bridgehead atoms. The van der Waals surface area contributed by atoms with Crippen molar-refractivity contribution in [2.24, 2.45) is 0 Å². The summed E-state index contributed by atoms with van der Waals surface area (Å²) in [6, 6.07) is 11.7. The first kappa shape index (κ1) is 20.2. The van der Waals surface area contributed by atoms with Crippen molar-refractivity contribution in [2.45, 2.75) is 6.54 Å². The molecule has 1 aliphatic heterocycles. The highest BCUT2D eigenvalue weighted by Crippen LogP contribution is 2.27. The summed E-state index contributed by atoms with van der Waals surface area (Å²) in [4.78, 5) is 29.1. The summed E-state index contributed by atoms with van der Waals surface area (Å²) in [6.07, 6.45) is 0. The molecule has 0 saturated carbocycles. The molecular weight excluding hydrogens is 408 g/mol. The van der Waals surface area contributed by atoms with Gasteiger partial charge in [-0.15, -0.1) is 0 Å². The summed E-state index contributed by atoms with van der Waals surface area (Å²) in [5.41, 5.74) is 2.00. The number of amides is 1. The normalized spacial score (nSPS) is 14.5. The van der Waals surface area contributed by atoms with E-state index in [2.05, 4.69) is 27.3 Å². The van der Waals surface area contributed by atoms with Crippen molar-refractivity contribution < 1.29 is 19.2 Å². The zero-order valence-electron chi connectivity index (χ0n) is 16.1. The maximum atomic E-state index is 12.2. The number of non-ortho nitro benzene ring substituents is 1. The number of fused-ring (bicyclic) bond motifs is 1. The number of hydrogen-bond donors (Lipinski definition) is 1. The summed E-state index contributed by atoms with van der Waals surface area (Å²) < 4.78 is 11.8. The molecule has 10 heteroatoms. The lowest BCUT2D eigenvalue weighted by Crippen LogP contribution is -2.35. The van der Waals surface area contributed by atoms with Crippen LogP contribution in [0.5, 0.6) is 5.75 Å². The van der Waals surface area contributed by atoms with Crippen LogP contribution in [0.1, 0.15) is 5.56 Å². The lowest BCUT2D eigenvalue weighted by Gasteiger charge is -2.26. The minimum Gasteiger partial charge on any atom is -0.484 e. The Kier molecular flexibility index (Phi) is 6.17. The number of ether oxygens (including phenoxy) is 2. The van der Waals surface area contributed by atoms with E-state index in [4.69, 9.17) is 9.47 Å². The van der Waals surface area contributed by atoms with Crippen LogP contribution >= 0.6 is 11.3 Å². The van der Waals surface area contributed by atoms with Gasteiger partial charge < -0.3 is 9.47 Å². The number of benzene rings is 2. The molecule has 0 spiro atoms. The molecule has 3 aromatic rings. The Hall–Kier alpha value is -3.08. The molecule has 1 N–H and O–H groups in total. The van der Waals surface area contributed by atoms with E-state index in [1.165, 1.54) is 41.2 Å². The number of nitro groups is 1. The monoisotopic (exact) mass is 428 g/mol. The molecule has 0 radical (unpaired) electrons. The molecule has 0 unspecified atom stereocenters. The molecule has 0 atom stereocenters. The first-order valence-corrected chi connectivity index (χ1v) is 10.3. The number of carbonyl (C=O) groups excluding carboxylic acids is 1. The van der Waals surface area contributed by atoms with Gasteiger partial charge in [0, 0.05) is 31.8 Å². The van der Waals surface area contributed by atoms with E-state index in [0.29, 0.717) is 10.9 Å². The van der Waals surface area contributed by atoms with Crippen molar-refractivity contribution in [2.75, 3.05) is 38.2 Å². The number of nitrogens with one attached hydrogen (secondary N) is 1. The van der Waals surface area contributed by atoms with Gasteiger partial charge in [-0.25, -0.2) is 4.98 Å². The van der Waals surface area contributed by atoms with Crippen LogP contribution < -0.4 is 10.1 Å². The van der Waals surface area contributed by atoms with Crippen molar-refractivity contribution in [3.8, 4) is 5.75 Å². The van der Waals surface area contributed by atoms with Crippen molar-refractivity contribution in [3.05, 3.63) is 58.1 Å². The van der Waals surface area contributed by atoms with Gasteiger partial charge in [0.2, 0.25) is 0 Å². The number of aromatic nitrogens is 1. The zero-order chi connectivity index (χ0) is 20.9. The fourth-order valence-corrected chi connectivity index (χ4v) is 4.05. The van der Waals surface area contributed by atoms with E-state index in [-0.39, 0.29) is 18.2 Å². The average molecular weight is 428 g/mol. The van der Waals surface area contributed by atoms with Gasteiger partial charge in [0.05, 0.1) is 28.4 Å². The summed E-state index contributed by atoms with van der Waals surface area (Å²) in [7, 11) is 0. The second kappa shape index (κ2) is 9.16. The van der Waals surface area contributed by atoms with E-state index < -0.39 is 4.92 Å². The minimum absolute atomic E-state index is 0.0331. The average Bonchev–Trinajstić information content (AvgIpc) is 3.14. The van der Waals surface area contributed by atoms with Crippen molar-refractivity contribution in [1.82, 2.24) is 9.88 Å². The van der Waals surface area contributed by atoms with E-state index in [1.807, 2.05) is 6.07 Å². The lowest BCUT2D eigenvalue weighted by atomic mass is 10.2. The predicted molar refractivity (Wildman–Crippen MR) is 113 cm³/mol. The highest BCUT2D eigenvalue weighted by Gasteiger charge is 2.13. The summed E-state index contributed by atoms with van der Waals surface area (Å²) >= 11 is 1.41. The number of hydrogen-bond acceptors (Lipinski definition) is 8. The number of morpholine rings is 1. The maximum absolute atomic E-state index is 12.2. The zero-order valence-corrected chi connectivity index (χ0v) is 16.9. The Morgan fingerprint density at radius 2 is 2.00 bits per heavy atom. The van der Waals surface area contributed by atoms with Gasteiger partial charge in [-0.1, -0.05) is 17.4 Å². The Morgan fingerprint density at radius 1 is 1.23 bits per heavy atom. The SMILES string of the molecule is O=C(COc1ccc([N+](=O)[O-])cc1)Nc1nc2ccc(CN3CCOCC3)cc2s1. The molecule has 9 nitrogen and oxygen atoms in total. The predicted octanol–water partition coefficient (Wildman–Crippen LogP) is 3.05. The second-order valence-corrected chi connectivity index (χ2v) is 7.83. The molecule has 156 valence electrons. The standard InChI is InChI=1S/C20H20N4O5S/c25-19(13-29-16-4-2-15(3-5-16)24(26)27)22-20-21-17-6-1-14(11-18(17)30-20)12-23-7-9-28-10-8-23/h1-6,11H,7-10,12-13H2,(H,21,22,25). The number of rotatable bonds is 7. The van der Waals surface area contributed by atoms with E-state index in [0.717, 1.165) is 43.1 Å². The van der Waals surface area contributed by atoms with Crippen LogP contribution in [-0.2, 0) is 16.1 Å². The molecular formula is C20H20N4O5S. The van der Waals surface area contributed by atoms with Crippen molar-refractivity contribution >= 4 is 38.3 Å². The molecule has 2 heterocycles. The van der Waals surface area contributed by atoms with Gasteiger partial charge in [0.1, 0.15) is 5.75 Å². The highest BCUT2D eigenvalue weighted by molar-refractivity contribution is 7.22. The van der Waals surface area contributed by atoms with Gasteiger partial charge in [0.25, 0.3) is 11.6 Å². The van der Waals surface area contributed by atoms with Crippen molar-refractivity contribution in [1.29, 1.82) is 0 Å². The van der Waals surface area contributed by atoms with E-state index in [9.17, 15) is 14.9 Å². The van der Waals surface area contributed by atoms with E-state index >= 15 is 0 Å². The van der Waals surface area contributed by atoms with Gasteiger partial charge in [0.15, 0.2) is 11.7 Å². The van der Waals surface area contributed by atoms with Gasteiger partial charge in [-0.2, -0.15) is 0 Å². The largest absolute Gasteiger partial charge is 0.484 e. The van der Waals surface area contributed by atoms with E-state index in [1.54, 1.807) is 0 Å².